The number of anilines is 1. The van der Waals surface area contributed by atoms with E-state index in [0.29, 0.717) is 11.6 Å². The second-order valence-corrected chi connectivity index (χ2v) is 3.70. The van der Waals surface area contributed by atoms with Crippen molar-refractivity contribution < 1.29 is 0 Å². The fourth-order valence-electron chi connectivity index (χ4n) is 2.06. The van der Waals surface area contributed by atoms with Crippen LogP contribution < -0.4 is 11.3 Å². The average Bonchev–Trinajstić information content (AvgIpc) is 2.61. The molecule has 1 aliphatic carbocycles. The Labute approximate surface area is 77.0 Å². The molecule has 1 aromatic rings. The summed E-state index contributed by atoms with van der Waals surface area (Å²) >= 11 is 0. The van der Waals surface area contributed by atoms with Crippen molar-refractivity contribution in [3.8, 4) is 0 Å². The molecule has 13 heavy (non-hydrogen) atoms. The highest BCUT2D eigenvalue weighted by Gasteiger charge is 2.19. The van der Waals surface area contributed by atoms with Gasteiger partial charge in [-0.25, -0.2) is 0 Å². The number of nitrogens with one attached hydrogen (secondary N) is 1. The van der Waals surface area contributed by atoms with Crippen LogP contribution in [0.25, 0.3) is 0 Å². The van der Waals surface area contributed by atoms with Crippen molar-refractivity contribution in [2.45, 2.75) is 31.6 Å². The largest absolute Gasteiger partial charge is 0.398 e. The van der Waals surface area contributed by atoms with Crippen LogP contribution in [-0.4, -0.2) is 4.98 Å². The van der Waals surface area contributed by atoms with E-state index >= 15 is 0 Å². The molecule has 3 heteroatoms. The fourth-order valence-corrected chi connectivity index (χ4v) is 2.06. The summed E-state index contributed by atoms with van der Waals surface area (Å²) in [6.45, 7) is 0. The molecular weight excluding hydrogens is 164 g/mol. The van der Waals surface area contributed by atoms with Gasteiger partial charge in [0.05, 0.1) is 0 Å². The molecule has 0 aliphatic heterocycles. The van der Waals surface area contributed by atoms with Gasteiger partial charge in [0.2, 0.25) is 0 Å². The Morgan fingerprint density at radius 3 is 2.77 bits per heavy atom. The molecule has 0 amide bonds. The van der Waals surface area contributed by atoms with E-state index in [1.807, 2.05) is 6.07 Å². The number of rotatable bonds is 1. The van der Waals surface area contributed by atoms with Gasteiger partial charge in [0, 0.05) is 17.4 Å². The Bertz CT molecular complexity index is 350. The Balaban J connectivity index is 2.37. The molecule has 2 rings (SSSR count). The molecule has 0 unspecified atom stereocenters. The SMILES string of the molecule is Nc1c[nH]c(=O)c(C2CCCC2)c1. The summed E-state index contributed by atoms with van der Waals surface area (Å²) in [4.78, 5) is 14.1. The molecule has 3 nitrogen and oxygen atoms in total. The highest BCUT2D eigenvalue weighted by atomic mass is 16.1. The van der Waals surface area contributed by atoms with Crippen molar-refractivity contribution in [3.05, 3.63) is 28.2 Å². The first-order valence-corrected chi connectivity index (χ1v) is 4.75. The van der Waals surface area contributed by atoms with Gasteiger partial charge in [0.1, 0.15) is 0 Å². The van der Waals surface area contributed by atoms with Gasteiger partial charge in [-0.3, -0.25) is 4.79 Å². The molecule has 3 N–H and O–H groups in total. The van der Waals surface area contributed by atoms with Crippen molar-refractivity contribution in [2.24, 2.45) is 0 Å². The number of hydrogen-bond donors (Lipinski definition) is 2. The van der Waals surface area contributed by atoms with Crippen LogP contribution in [0.3, 0.4) is 0 Å². The Morgan fingerprint density at radius 1 is 1.38 bits per heavy atom. The zero-order valence-corrected chi connectivity index (χ0v) is 7.55. The number of hydrogen-bond acceptors (Lipinski definition) is 2. The van der Waals surface area contributed by atoms with Gasteiger partial charge in [0.25, 0.3) is 5.56 Å². The molecule has 0 aromatic carbocycles. The number of pyridine rings is 1. The number of H-pyrrole nitrogens is 1. The minimum atomic E-state index is 0.0288. The molecule has 0 spiro atoms. The molecule has 70 valence electrons. The maximum atomic E-state index is 11.4. The van der Waals surface area contributed by atoms with Crippen LogP contribution in [0.15, 0.2) is 17.1 Å². The van der Waals surface area contributed by atoms with E-state index in [9.17, 15) is 4.79 Å². The summed E-state index contributed by atoms with van der Waals surface area (Å²) in [6, 6.07) is 1.81. The lowest BCUT2D eigenvalue weighted by atomic mass is 9.99. The van der Waals surface area contributed by atoms with E-state index < -0.39 is 0 Å². The molecule has 0 saturated heterocycles. The lowest BCUT2D eigenvalue weighted by molar-refractivity contribution is 0.712. The van der Waals surface area contributed by atoms with Gasteiger partial charge in [-0.2, -0.15) is 0 Å². The van der Waals surface area contributed by atoms with E-state index in [2.05, 4.69) is 4.98 Å². The Morgan fingerprint density at radius 2 is 2.08 bits per heavy atom. The number of aromatic amines is 1. The lowest BCUT2D eigenvalue weighted by Gasteiger charge is -2.07. The van der Waals surface area contributed by atoms with Gasteiger partial charge in [0.15, 0.2) is 0 Å². The van der Waals surface area contributed by atoms with Crippen LogP contribution in [0.4, 0.5) is 5.69 Å². The van der Waals surface area contributed by atoms with Gasteiger partial charge >= 0.3 is 0 Å². The predicted molar refractivity (Wildman–Crippen MR) is 52.7 cm³/mol. The van der Waals surface area contributed by atoms with Crippen molar-refractivity contribution in [3.63, 3.8) is 0 Å². The normalized spacial score (nSPS) is 17.8. The van der Waals surface area contributed by atoms with Crippen LogP contribution in [0.5, 0.6) is 0 Å². The zero-order chi connectivity index (χ0) is 9.26. The van der Waals surface area contributed by atoms with Gasteiger partial charge in [-0.1, -0.05) is 12.8 Å². The summed E-state index contributed by atoms with van der Waals surface area (Å²) in [6.07, 6.45) is 6.29. The Kier molecular flexibility index (Phi) is 2.08. The van der Waals surface area contributed by atoms with E-state index in [4.69, 9.17) is 5.73 Å². The first-order valence-electron chi connectivity index (χ1n) is 4.75. The van der Waals surface area contributed by atoms with E-state index in [0.717, 1.165) is 18.4 Å². The topological polar surface area (TPSA) is 58.9 Å². The van der Waals surface area contributed by atoms with Gasteiger partial charge < -0.3 is 10.7 Å². The second kappa shape index (κ2) is 3.24. The molecule has 0 radical (unpaired) electrons. The van der Waals surface area contributed by atoms with Crippen LogP contribution in [-0.2, 0) is 0 Å². The predicted octanol–water partition coefficient (Wildman–Crippen LogP) is 1.61. The molecule has 0 bridgehead atoms. The van der Waals surface area contributed by atoms with Crippen LogP contribution in [0, 0.1) is 0 Å². The minimum absolute atomic E-state index is 0.0288. The summed E-state index contributed by atoms with van der Waals surface area (Å²) in [5.41, 5.74) is 7.18. The third-order valence-corrected chi connectivity index (χ3v) is 2.75. The molecule has 1 heterocycles. The van der Waals surface area contributed by atoms with Crippen LogP contribution >= 0.6 is 0 Å². The molecule has 1 aliphatic rings. The summed E-state index contributed by atoms with van der Waals surface area (Å²) in [5, 5.41) is 0. The second-order valence-electron chi connectivity index (χ2n) is 3.70. The van der Waals surface area contributed by atoms with Crippen molar-refractivity contribution >= 4 is 5.69 Å². The maximum Gasteiger partial charge on any atom is 0.251 e. The smallest absolute Gasteiger partial charge is 0.251 e. The van der Waals surface area contributed by atoms with Crippen molar-refractivity contribution in [2.75, 3.05) is 5.73 Å². The average molecular weight is 178 g/mol. The zero-order valence-electron chi connectivity index (χ0n) is 7.55. The highest BCUT2D eigenvalue weighted by molar-refractivity contribution is 5.38. The van der Waals surface area contributed by atoms with Gasteiger partial charge in [-0.15, -0.1) is 0 Å². The van der Waals surface area contributed by atoms with Gasteiger partial charge in [-0.05, 0) is 24.8 Å². The summed E-state index contributed by atoms with van der Waals surface area (Å²) < 4.78 is 0. The van der Waals surface area contributed by atoms with Crippen LogP contribution in [0.1, 0.15) is 37.2 Å². The summed E-state index contributed by atoms with van der Waals surface area (Å²) in [5.74, 6) is 0.437. The van der Waals surface area contributed by atoms with Crippen molar-refractivity contribution in [1.82, 2.24) is 4.98 Å². The van der Waals surface area contributed by atoms with Crippen LogP contribution in [0.2, 0.25) is 0 Å². The third-order valence-electron chi connectivity index (χ3n) is 2.75. The molecular formula is C10H14N2O. The number of aromatic nitrogens is 1. The first kappa shape index (κ1) is 8.35. The maximum absolute atomic E-state index is 11.4. The van der Waals surface area contributed by atoms with E-state index in [1.165, 1.54) is 12.8 Å². The summed E-state index contributed by atoms with van der Waals surface area (Å²) in [7, 11) is 0. The first-order chi connectivity index (χ1) is 6.27. The van der Waals surface area contributed by atoms with E-state index in [-0.39, 0.29) is 5.56 Å². The molecule has 1 aromatic heterocycles. The number of nitrogens with two attached hydrogens (primary N) is 1. The van der Waals surface area contributed by atoms with Crippen molar-refractivity contribution in [1.29, 1.82) is 0 Å². The highest BCUT2D eigenvalue weighted by Crippen LogP contribution is 2.32. The number of nitrogen functional groups attached to an aromatic ring is 1. The Hall–Kier alpha value is -1.25. The molecule has 1 fully saturated rings. The fraction of sp³-hybridized carbons (Fsp3) is 0.500. The standard InChI is InChI=1S/C10H14N2O/c11-8-5-9(10(13)12-6-8)7-3-1-2-4-7/h5-7H,1-4,11H2,(H,12,13). The lowest BCUT2D eigenvalue weighted by Crippen LogP contribution is -2.15. The van der Waals surface area contributed by atoms with E-state index in [1.54, 1.807) is 6.20 Å². The third kappa shape index (κ3) is 1.59. The minimum Gasteiger partial charge on any atom is -0.398 e. The molecule has 1 saturated carbocycles. The quantitative estimate of drug-likeness (QED) is 0.686. The molecule has 0 atom stereocenters. The monoisotopic (exact) mass is 178 g/mol.